The van der Waals surface area contributed by atoms with E-state index in [0.717, 1.165) is 30.7 Å². The number of carbonyl (C=O) groups is 1. The second-order valence-electron chi connectivity index (χ2n) is 7.78. The van der Waals surface area contributed by atoms with Gasteiger partial charge in [0.15, 0.2) is 5.43 Å². The molecule has 2 heterocycles. The number of amides is 1. The van der Waals surface area contributed by atoms with Gasteiger partial charge < -0.3 is 14.8 Å². The monoisotopic (exact) mass is 377 g/mol. The van der Waals surface area contributed by atoms with Crippen LogP contribution in [0.25, 0.3) is 21.8 Å². The van der Waals surface area contributed by atoms with Crippen LogP contribution in [0.2, 0.25) is 0 Å². The number of hydrogen-bond acceptors (Lipinski definition) is 3. The molecule has 1 aliphatic heterocycles. The number of benzene rings is 2. The van der Waals surface area contributed by atoms with Crippen LogP contribution in [0.3, 0.4) is 0 Å². The van der Waals surface area contributed by atoms with Crippen LogP contribution in [-0.2, 0) is 11.3 Å². The highest BCUT2D eigenvalue weighted by Crippen LogP contribution is 2.19. The molecular formula is C23H27N3O2. The first-order chi connectivity index (χ1) is 13.6. The second kappa shape index (κ2) is 8.15. The van der Waals surface area contributed by atoms with Crippen LogP contribution in [0.5, 0.6) is 0 Å². The molecule has 0 saturated carbocycles. The summed E-state index contributed by atoms with van der Waals surface area (Å²) in [6, 6.07) is 15.1. The first-order valence-electron chi connectivity index (χ1n) is 10.2. The molecule has 1 N–H and O–H groups in total. The molecule has 146 valence electrons. The first kappa shape index (κ1) is 18.7. The van der Waals surface area contributed by atoms with Crippen molar-refractivity contribution in [2.45, 2.75) is 38.8 Å². The van der Waals surface area contributed by atoms with Crippen molar-refractivity contribution in [1.29, 1.82) is 0 Å². The fraction of sp³-hybridized carbons (Fsp3) is 0.391. The van der Waals surface area contributed by atoms with E-state index in [1.54, 1.807) is 0 Å². The van der Waals surface area contributed by atoms with Gasteiger partial charge in [0, 0.05) is 23.4 Å². The van der Waals surface area contributed by atoms with E-state index >= 15 is 0 Å². The first-order valence-corrected chi connectivity index (χ1v) is 10.2. The fourth-order valence-corrected chi connectivity index (χ4v) is 4.29. The molecule has 1 aliphatic rings. The van der Waals surface area contributed by atoms with Gasteiger partial charge in [0.05, 0.1) is 11.0 Å². The Morgan fingerprint density at radius 2 is 1.54 bits per heavy atom. The number of piperidine rings is 1. The molecule has 0 spiro atoms. The maximum atomic E-state index is 12.8. The minimum absolute atomic E-state index is 0.0151. The van der Waals surface area contributed by atoms with E-state index < -0.39 is 0 Å². The molecule has 2 aromatic carbocycles. The molecule has 1 amide bonds. The van der Waals surface area contributed by atoms with Gasteiger partial charge in [-0.3, -0.25) is 9.59 Å². The minimum Gasteiger partial charge on any atom is -0.351 e. The number of hydrogen-bond donors (Lipinski definition) is 1. The Kier molecular flexibility index (Phi) is 5.44. The maximum Gasteiger partial charge on any atom is 0.240 e. The highest BCUT2D eigenvalue weighted by atomic mass is 16.2. The van der Waals surface area contributed by atoms with Crippen molar-refractivity contribution in [3.05, 3.63) is 58.8 Å². The lowest BCUT2D eigenvalue weighted by Crippen LogP contribution is -2.44. The zero-order valence-corrected chi connectivity index (χ0v) is 16.4. The van der Waals surface area contributed by atoms with Crippen molar-refractivity contribution in [3.8, 4) is 0 Å². The molecule has 1 aromatic heterocycles. The van der Waals surface area contributed by atoms with Gasteiger partial charge in [-0.15, -0.1) is 0 Å². The third-order valence-corrected chi connectivity index (χ3v) is 5.57. The Labute approximate surface area is 165 Å². The van der Waals surface area contributed by atoms with Crippen LogP contribution in [0, 0.1) is 0 Å². The van der Waals surface area contributed by atoms with Crippen LogP contribution in [0.1, 0.15) is 26.2 Å². The van der Waals surface area contributed by atoms with Gasteiger partial charge in [-0.05, 0) is 57.1 Å². The smallest absolute Gasteiger partial charge is 0.240 e. The summed E-state index contributed by atoms with van der Waals surface area (Å²) < 4.78 is 1.95. The molecule has 0 aliphatic carbocycles. The van der Waals surface area contributed by atoms with Gasteiger partial charge in [0.1, 0.15) is 6.54 Å². The SMILES string of the molecule is CC(CN1CCCCC1)NC(=O)Cn1c2ccccc2c(=O)c2ccccc21. The van der Waals surface area contributed by atoms with Crippen molar-refractivity contribution in [2.75, 3.05) is 19.6 Å². The third-order valence-electron chi connectivity index (χ3n) is 5.57. The zero-order chi connectivity index (χ0) is 19.5. The number of nitrogens with one attached hydrogen (secondary N) is 1. The zero-order valence-electron chi connectivity index (χ0n) is 16.4. The van der Waals surface area contributed by atoms with E-state index in [0.29, 0.717) is 10.8 Å². The van der Waals surface area contributed by atoms with E-state index in [1.807, 2.05) is 53.1 Å². The largest absolute Gasteiger partial charge is 0.351 e. The number of likely N-dealkylation sites (tertiary alicyclic amines) is 1. The van der Waals surface area contributed by atoms with Crippen molar-refractivity contribution in [2.24, 2.45) is 0 Å². The summed E-state index contributed by atoms with van der Waals surface area (Å²) in [4.78, 5) is 28.0. The van der Waals surface area contributed by atoms with Crippen LogP contribution >= 0.6 is 0 Å². The summed E-state index contributed by atoms with van der Waals surface area (Å²) in [5.74, 6) is -0.0246. The quantitative estimate of drug-likeness (QED) is 0.695. The molecule has 0 bridgehead atoms. The van der Waals surface area contributed by atoms with Gasteiger partial charge in [0.25, 0.3) is 0 Å². The third kappa shape index (κ3) is 3.80. The van der Waals surface area contributed by atoms with Crippen molar-refractivity contribution >= 4 is 27.7 Å². The molecule has 5 heteroatoms. The standard InChI is InChI=1S/C23H27N3O2/c1-17(15-25-13-7-2-8-14-25)24-22(27)16-26-20-11-5-3-9-18(20)23(28)19-10-4-6-12-21(19)26/h3-6,9-12,17H,2,7-8,13-16H2,1H3,(H,24,27). The summed E-state index contributed by atoms with van der Waals surface area (Å²) in [5, 5.41) is 4.44. The molecule has 4 rings (SSSR count). The van der Waals surface area contributed by atoms with Gasteiger partial charge >= 0.3 is 0 Å². The molecule has 1 atom stereocenters. The summed E-state index contributed by atoms with van der Waals surface area (Å²) in [5.41, 5.74) is 1.61. The topological polar surface area (TPSA) is 54.3 Å². The number of para-hydroxylation sites is 2. The number of nitrogens with zero attached hydrogens (tertiary/aromatic N) is 2. The predicted octanol–water partition coefficient (Wildman–Crippen LogP) is 3.15. The molecule has 3 aromatic rings. The second-order valence-corrected chi connectivity index (χ2v) is 7.78. The fourth-order valence-electron chi connectivity index (χ4n) is 4.29. The summed E-state index contributed by atoms with van der Waals surface area (Å²) in [7, 11) is 0. The molecule has 1 saturated heterocycles. The van der Waals surface area contributed by atoms with E-state index in [4.69, 9.17) is 0 Å². The number of pyridine rings is 1. The lowest BCUT2D eigenvalue weighted by atomic mass is 10.1. The molecule has 5 nitrogen and oxygen atoms in total. The van der Waals surface area contributed by atoms with Crippen LogP contribution in [0.4, 0.5) is 0 Å². The molecule has 1 unspecified atom stereocenters. The average molecular weight is 377 g/mol. The predicted molar refractivity (Wildman–Crippen MR) is 114 cm³/mol. The van der Waals surface area contributed by atoms with E-state index in [9.17, 15) is 9.59 Å². The maximum absolute atomic E-state index is 12.8. The van der Waals surface area contributed by atoms with E-state index in [-0.39, 0.29) is 23.9 Å². The van der Waals surface area contributed by atoms with Gasteiger partial charge in [0.2, 0.25) is 5.91 Å². The molecule has 0 radical (unpaired) electrons. The van der Waals surface area contributed by atoms with Crippen molar-refractivity contribution in [1.82, 2.24) is 14.8 Å². The number of aromatic nitrogens is 1. The Morgan fingerprint density at radius 1 is 0.964 bits per heavy atom. The summed E-state index contributed by atoms with van der Waals surface area (Å²) in [6.07, 6.45) is 3.80. The molecule has 1 fully saturated rings. The van der Waals surface area contributed by atoms with Crippen LogP contribution < -0.4 is 10.7 Å². The van der Waals surface area contributed by atoms with Gasteiger partial charge in [-0.25, -0.2) is 0 Å². The highest BCUT2D eigenvalue weighted by Gasteiger charge is 2.17. The Balaban J connectivity index is 1.59. The lowest BCUT2D eigenvalue weighted by molar-refractivity contribution is -0.122. The Bertz CT molecular complexity index is 991. The summed E-state index contributed by atoms with van der Waals surface area (Å²) >= 11 is 0. The van der Waals surface area contributed by atoms with Crippen molar-refractivity contribution in [3.63, 3.8) is 0 Å². The van der Waals surface area contributed by atoms with Crippen molar-refractivity contribution < 1.29 is 4.79 Å². The minimum atomic E-state index is -0.0246. The Hall–Kier alpha value is -2.66. The van der Waals surface area contributed by atoms with Gasteiger partial charge in [-0.2, -0.15) is 0 Å². The number of rotatable bonds is 5. The normalized spacial score (nSPS) is 16.3. The van der Waals surface area contributed by atoms with Gasteiger partial charge in [-0.1, -0.05) is 30.7 Å². The molecular weight excluding hydrogens is 350 g/mol. The summed E-state index contributed by atoms with van der Waals surface area (Å²) in [6.45, 7) is 5.39. The highest BCUT2D eigenvalue weighted by molar-refractivity contribution is 5.94. The average Bonchev–Trinajstić information content (AvgIpc) is 2.72. The number of fused-ring (bicyclic) bond motifs is 2. The molecule has 28 heavy (non-hydrogen) atoms. The van der Waals surface area contributed by atoms with E-state index in [2.05, 4.69) is 17.1 Å². The Morgan fingerprint density at radius 3 is 2.14 bits per heavy atom. The van der Waals surface area contributed by atoms with E-state index in [1.165, 1.54) is 19.3 Å². The van der Waals surface area contributed by atoms with Crippen LogP contribution in [0.15, 0.2) is 53.3 Å². The lowest BCUT2D eigenvalue weighted by Gasteiger charge is -2.29. The van der Waals surface area contributed by atoms with Crippen LogP contribution in [-0.4, -0.2) is 41.1 Å². The number of carbonyl (C=O) groups excluding carboxylic acids is 1.